The van der Waals surface area contributed by atoms with Gasteiger partial charge in [0.25, 0.3) is 0 Å². The van der Waals surface area contributed by atoms with E-state index < -0.39 is 0 Å². The molecular weight excluding hydrogens is 154 g/mol. The molecule has 0 aliphatic heterocycles. The third kappa shape index (κ3) is 2.09. The third-order valence-corrected chi connectivity index (χ3v) is 1.27. The van der Waals surface area contributed by atoms with E-state index in [1.165, 1.54) is 6.33 Å². The van der Waals surface area contributed by atoms with Crippen molar-refractivity contribution in [2.45, 2.75) is 0 Å². The van der Waals surface area contributed by atoms with Crippen molar-refractivity contribution >= 4 is 11.6 Å². The van der Waals surface area contributed by atoms with E-state index in [0.29, 0.717) is 5.82 Å². The number of hydrogen-bond donors (Lipinski definition) is 2. The van der Waals surface area contributed by atoms with E-state index in [-0.39, 0.29) is 6.54 Å². The highest BCUT2D eigenvalue weighted by Crippen LogP contribution is 2.06. The first-order valence-corrected chi connectivity index (χ1v) is 3.47. The number of rotatable bonds is 3. The smallest absolute Gasteiger partial charge is 0.132 e. The van der Waals surface area contributed by atoms with Crippen molar-refractivity contribution < 1.29 is 0 Å². The number of nitrogens with one attached hydrogen (secondary N) is 2. The maximum Gasteiger partial charge on any atom is 0.132 e. The van der Waals surface area contributed by atoms with E-state index in [4.69, 9.17) is 5.26 Å². The molecule has 0 fully saturated rings. The van der Waals surface area contributed by atoms with Gasteiger partial charge in [-0.1, -0.05) is 0 Å². The van der Waals surface area contributed by atoms with Gasteiger partial charge in [-0.05, 0) is 0 Å². The number of nitriles is 1. The average Bonchev–Trinajstić information content (AvgIpc) is 2.15. The Labute approximate surface area is 70.5 Å². The fraction of sp³-hybridized carbons (Fsp3) is 0.286. The molecule has 12 heavy (non-hydrogen) atoms. The molecule has 0 aromatic carbocycles. The van der Waals surface area contributed by atoms with Crippen LogP contribution >= 0.6 is 0 Å². The van der Waals surface area contributed by atoms with Crippen LogP contribution in [0.4, 0.5) is 11.6 Å². The van der Waals surface area contributed by atoms with Gasteiger partial charge in [-0.2, -0.15) is 5.26 Å². The minimum absolute atomic E-state index is 0.250. The largest absolute Gasteiger partial charge is 0.373 e. The van der Waals surface area contributed by atoms with Crippen LogP contribution in [-0.2, 0) is 0 Å². The van der Waals surface area contributed by atoms with Crippen molar-refractivity contribution in [3.05, 3.63) is 12.4 Å². The zero-order chi connectivity index (χ0) is 8.81. The molecule has 0 saturated carbocycles. The topological polar surface area (TPSA) is 73.6 Å². The summed E-state index contributed by atoms with van der Waals surface area (Å²) in [4.78, 5) is 7.83. The number of hydrogen-bond acceptors (Lipinski definition) is 5. The van der Waals surface area contributed by atoms with Gasteiger partial charge in [-0.25, -0.2) is 9.97 Å². The lowest BCUT2D eigenvalue weighted by molar-refractivity contribution is 1.13. The quantitative estimate of drug-likeness (QED) is 0.633. The molecule has 1 aromatic heterocycles. The first-order chi connectivity index (χ1) is 5.86. The van der Waals surface area contributed by atoms with Gasteiger partial charge in [0.1, 0.15) is 24.5 Å². The molecule has 2 N–H and O–H groups in total. The zero-order valence-corrected chi connectivity index (χ0v) is 6.70. The Morgan fingerprint density at radius 3 is 2.92 bits per heavy atom. The molecular formula is C7H9N5. The summed E-state index contributed by atoms with van der Waals surface area (Å²) in [5.41, 5.74) is 0. The van der Waals surface area contributed by atoms with Crippen molar-refractivity contribution in [3.8, 4) is 6.07 Å². The molecule has 1 heterocycles. The summed E-state index contributed by atoms with van der Waals surface area (Å²) < 4.78 is 0. The maximum atomic E-state index is 8.28. The molecule has 5 heteroatoms. The summed E-state index contributed by atoms with van der Waals surface area (Å²) >= 11 is 0. The molecule has 0 radical (unpaired) electrons. The molecule has 0 bridgehead atoms. The summed E-state index contributed by atoms with van der Waals surface area (Å²) in [6, 6.07) is 3.70. The van der Waals surface area contributed by atoms with Crippen LogP contribution in [0.2, 0.25) is 0 Å². The number of anilines is 2. The third-order valence-electron chi connectivity index (χ3n) is 1.27. The van der Waals surface area contributed by atoms with Gasteiger partial charge >= 0.3 is 0 Å². The Balaban J connectivity index is 2.67. The molecule has 0 unspecified atom stereocenters. The van der Waals surface area contributed by atoms with Crippen molar-refractivity contribution in [2.24, 2.45) is 0 Å². The van der Waals surface area contributed by atoms with E-state index in [1.54, 1.807) is 13.1 Å². The Morgan fingerprint density at radius 1 is 1.50 bits per heavy atom. The van der Waals surface area contributed by atoms with Crippen LogP contribution in [0.3, 0.4) is 0 Å². The van der Waals surface area contributed by atoms with E-state index in [1.807, 2.05) is 6.07 Å². The highest BCUT2D eigenvalue weighted by molar-refractivity contribution is 5.46. The summed E-state index contributed by atoms with van der Waals surface area (Å²) in [5, 5.41) is 14.0. The normalized spacial score (nSPS) is 8.67. The van der Waals surface area contributed by atoms with Gasteiger partial charge in [0.15, 0.2) is 0 Å². The first-order valence-electron chi connectivity index (χ1n) is 3.47. The van der Waals surface area contributed by atoms with Gasteiger partial charge < -0.3 is 10.6 Å². The molecule has 0 atom stereocenters. The van der Waals surface area contributed by atoms with Gasteiger partial charge in [-0.3, -0.25) is 0 Å². The Hall–Kier alpha value is -1.83. The molecule has 5 nitrogen and oxygen atoms in total. The van der Waals surface area contributed by atoms with Gasteiger partial charge in [-0.15, -0.1) is 0 Å². The molecule has 0 saturated heterocycles. The van der Waals surface area contributed by atoms with Crippen molar-refractivity contribution in [3.63, 3.8) is 0 Å². The lowest BCUT2D eigenvalue weighted by Gasteiger charge is -2.01. The monoisotopic (exact) mass is 163 g/mol. The molecule has 1 aromatic rings. The first kappa shape index (κ1) is 8.27. The van der Waals surface area contributed by atoms with Crippen LogP contribution in [0, 0.1) is 11.3 Å². The van der Waals surface area contributed by atoms with Crippen LogP contribution in [0.5, 0.6) is 0 Å². The second kappa shape index (κ2) is 4.13. The number of nitrogens with zero attached hydrogens (tertiary/aromatic N) is 3. The average molecular weight is 163 g/mol. The second-order valence-corrected chi connectivity index (χ2v) is 2.05. The van der Waals surface area contributed by atoms with Crippen molar-refractivity contribution in [1.29, 1.82) is 5.26 Å². The maximum absolute atomic E-state index is 8.28. The van der Waals surface area contributed by atoms with E-state index in [2.05, 4.69) is 20.6 Å². The summed E-state index contributed by atoms with van der Waals surface area (Å²) in [5.74, 6) is 1.38. The Bertz CT molecular complexity index is 290. The highest BCUT2D eigenvalue weighted by Gasteiger charge is 1.93. The Morgan fingerprint density at radius 2 is 2.25 bits per heavy atom. The molecule has 0 spiro atoms. The zero-order valence-electron chi connectivity index (χ0n) is 6.70. The van der Waals surface area contributed by atoms with Gasteiger partial charge in [0.05, 0.1) is 6.07 Å². The predicted octanol–water partition coefficient (Wildman–Crippen LogP) is 0.454. The van der Waals surface area contributed by atoms with E-state index >= 15 is 0 Å². The van der Waals surface area contributed by atoms with E-state index in [9.17, 15) is 0 Å². The van der Waals surface area contributed by atoms with Crippen LogP contribution < -0.4 is 10.6 Å². The highest BCUT2D eigenvalue weighted by atomic mass is 15.0. The fourth-order valence-corrected chi connectivity index (χ4v) is 0.721. The lowest BCUT2D eigenvalue weighted by atomic mass is 10.5. The minimum Gasteiger partial charge on any atom is -0.373 e. The molecule has 0 aliphatic carbocycles. The standard InChI is InChI=1S/C7H9N5/c1-9-6-4-7(10-3-2-8)12-5-11-6/h4-5H,3H2,1H3,(H2,9,10,11,12). The molecule has 1 rings (SSSR count). The minimum atomic E-state index is 0.250. The summed E-state index contributed by atoms with van der Waals surface area (Å²) in [6.07, 6.45) is 1.44. The summed E-state index contributed by atoms with van der Waals surface area (Å²) in [6.45, 7) is 0.250. The van der Waals surface area contributed by atoms with Crippen molar-refractivity contribution in [1.82, 2.24) is 9.97 Å². The Kier molecular flexibility index (Phi) is 2.85. The fourth-order valence-electron chi connectivity index (χ4n) is 0.721. The van der Waals surface area contributed by atoms with Gasteiger partial charge in [0.2, 0.25) is 0 Å². The summed E-state index contributed by atoms with van der Waals surface area (Å²) in [7, 11) is 1.77. The van der Waals surface area contributed by atoms with Crippen molar-refractivity contribution in [2.75, 3.05) is 24.2 Å². The SMILES string of the molecule is CNc1cc(NCC#N)ncn1. The van der Waals surface area contributed by atoms with Crippen LogP contribution in [-0.4, -0.2) is 23.6 Å². The number of aromatic nitrogens is 2. The molecule has 0 amide bonds. The van der Waals surface area contributed by atoms with Crippen LogP contribution in [0.15, 0.2) is 12.4 Å². The second-order valence-electron chi connectivity index (χ2n) is 2.05. The lowest BCUT2D eigenvalue weighted by Crippen LogP contribution is -2.02. The van der Waals surface area contributed by atoms with Crippen LogP contribution in [0.25, 0.3) is 0 Å². The van der Waals surface area contributed by atoms with E-state index in [0.717, 1.165) is 5.82 Å². The predicted molar refractivity (Wildman–Crippen MR) is 45.7 cm³/mol. The van der Waals surface area contributed by atoms with Gasteiger partial charge in [0, 0.05) is 13.1 Å². The molecule has 0 aliphatic rings. The van der Waals surface area contributed by atoms with Crippen LogP contribution in [0.1, 0.15) is 0 Å². The molecule has 62 valence electrons.